The van der Waals surface area contributed by atoms with Crippen LogP contribution in [0.4, 0.5) is 22.0 Å². The number of hydrogen-bond acceptors (Lipinski definition) is 5. The molecule has 3 N–H and O–H groups in total. The fourth-order valence-electron chi connectivity index (χ4n) is 2.85. The molecule has 3 aromatic rings. The molecule has 0 saturated heterocycles. The Balaban J connectivity index is 1.77. The number of urea groups is 1. The van der Waals surface area contributed by atoms with Crippen LogP contribution in [0.2, 0.25) is 0 Å². The minimum absolute atomic E-state index is 0.288. The molecule has 3 rings (SSSR count). The van der Waals surface area contributed by atoms with Crippen molar-refractivity contribution < 1.29 is 14.3 Å². The summed E-state index contributed by atoms with van der Waals surface area (Å²) >= 11 is 0. The minimum atomic E-state index is -0.533. The van der Waals surface area contributed by atoms with Crippen LogP contribution in [0, 0.1) is 0 Å². The van der Waals surface area contributed by atoms with E-state index in [4.69, 9.17) is 4.74 Å². The molecule has 0 aliphatic carbocycles. The highest BCUT2D eigenvalue weighted by molar-refractivity contribution is 5.98. The maximum atomic E-state index is 12.2. The highest BCUT2D eigenvalue weighted by atomic mass is 16.6. The summed E-state index contributed by atoms with van der Waals surface area (Å²) in [7, 11) is 0. The molecule has 1 aromatic heterocycles. The molecule has 0 aliphatic rings. The predicted octanol–water partition coefficient (Wildman–Crippen LogP) is 5.08. The Hall–Kier alpha value is -3.61. The molecule has 156 valence electrons. The number of ether oxygens (including phenoxy) is 1. The van der Waals surface area contributed by atoms with Gasteiger partial charge in [-0.2, -0.15) is 0 Å². The van der Waals surface area contributed by atoms with Crippen molar-refractivity contribution in [3.8, 4) is 0 Å². The van der Waals surface area contributed by atoms with Gasteiger partial charge >= 0.3 is 12.0 Å². The standard InChI is InChI=1S/C23H26N4O3/c1-5-24-22(29)27-20-13-16-7-6-8-19(18(16)14-25-20)26-17-11-9-15(10-12-17)21(28)30-23(2,3)4/h6-14,26H,5H2,1-4H3,(H2,24,25,27,29). The maximum absolute atomic E-state index is 12.2. The van der Waals surface area contributed by atoms with Gasteiger partial charge in [-0.25, -0.2) is 14.6 Å². The van der Waals surface area contributed by atoms with Crippen LogP contribution in [0.15, 0.2) is 54.7 Å². The summed E-state index contributed by atoms with van der Waals surface area (Å²) in [5, 5.41) is 10.6. The summed E-state index contributed by atoms with van der Waals surface area (Å²) in [5.41, 5.74) is 1.67. The molecule has 0 radical (unpaired) electrons. The van der Waals surface area contributed by atoms with Crippen LogP contribution in [0.3, 0.4) is 0 Å². The van der Waals surface area contributed by atoms with E-state index in [0.717, 1.165) is 22.1 Å². The Labute approximate surface area is 175 Å². The van der Waals surface area contributed by atoms with Gasteiger partial charge in [-0.1, -0.05) is 12.1 Å². The molecule has 0 bridgehead atoms. The number of aromatic nitrogens is 1. The van der Waals surface area contributed by atoms with Gasteiger partial charge in [0, 0.05) is 29.5 Å². The van der Waals surface area contributed by atoms with Crippen LogP contribution >= 0.6 is 0 Å². The van der Waals surface area contributed by atoms with Crippen molar-refractivity contribution in [3.63, 3.8) is 0 Å². The fraction of sp³-hybridized carbons (Fsp3) is 0.261. The van der Waals surface area contributed by atoms with E-state index in [1.165, 1.54) is 0 Å². The average Bonchev–Trinajstić information content (AvgIpc) is 2.67. The van der Waals surface area contributed by atoms with Gasteiger partial charge in [0.05, 0.1) is 5.56 Å². The summed E-state index contributed by atoms with van der Waals surface area (Å²) < 4.78 is 5.39. The average molecular weight is 406 g/mol. The molecule has 0 spiro atoms. The number of hydrogen-bond donors (Lipinski definition) is 3. The number of amides is 2. The maximum Gasteiger partial charge on any atom is 0.338 e. The third-order valence-electron chi connectivity index (χ3n) is 4.14. The second kappa shape index (κ2) is 8.82. The van der Waals surface area contributed by atoms with Crippen molar-refractivity contribution in [3.05, 3.63) is 60.3 Å². The molecule has 0 unspecified atom stereocenters. The van der Waals surface area contributed by atoms with Gasteiger partial charge in [0.15, 0.2) is 0 Å². The summed E-state index contributed by atoms with van der Waals surface area (Å²) in [6.45, 7) is 7.91. The highest BCUT2D eigenvalue weighted by Gasteiger charge is 2.17. The van der Waals surface area contributed by atoms with Crippen molar-refractivity contribution >= 4 is 40.0 Å². The van der Waals surface area contributed by atoms with E-state index < -0.39 is 5.60 Å². The molecule has 30 heavy (non-hydrogen) atoms. The van der Waals surface area contributed by atoms with Crippen LogP contribution in [0.5, 0.6) is 0 Å². The van der Waals surface area contributed by atoms with Crippen molar-refractivity contribution in [1.82, 2.24) is 10.3 Å². The normalized spacial score (nSPS) is 11.1. The first-order chi connectivity index (χ1) is 14.2. The topological polar surface area (TPSA) is 92.4 Å². The van der Waals surface area contributed by atoms with Crippen LogP contribution in [0.1, 0.15) is 38.1 Å². The van der Waals surface area contributed by atoms with Crippen LogP contribution in [-0.4, -0.2) is 29.1 Å². The zero-order valence-electron chi connectivity index (χ0n) is 17.6. The lowest BCUT2D eigenvalue weighted by Crippen LogP contribution is -2.28. The number of pyridine rings is 1. The second-order valence-electron chi connectivity index (χ2n) is 7.78. The molecular formula is C23H26N4O3. The van der Waals surface area contributed by atoms with Gasteiger partial charge in [0.2, 0.25) is 0 Å². The van der Waals surface area contributed by atoms with E-state index in [2.05, 4.69) is 20.9 Å². The Morgan fingerprint density at radius 3 is 2.47 bits per heavy atom. The molecule has 2 aromatic carbocycles. The van der Waals surface area contributed by atoms with Crippen LogP contribution in [0.25, 0.3) is 10.8 Å². The lowest BCUT2D eigenvalue weighted by atomic mass is 10.1. The molecule has 0 atom stereocenters. The van der Waals surface area contributed by atoms with E-state index in [1.54, 1.807) is 18.3 Å². The Bertz CT molecular complexity index is 1060. The molecular weight excluding hydrogens is 380 g/mol. The number of rotatable bonds is 5. The summed E-state index contributed by atoms with van der Waals surface area (Å²) in [6, 6.07) is 14.5. The van der Waals surface area contributed by atoms with Gasteiger partial charge in [0.1, 0.15) is 11.4 Å². The number of esters is 1. The number of anilines is 3. The third kappa shape index (κ3) is 5.47. The SMILES string of the molecule is CCNC(=O)Nc1cc2cccc(Nc3ccc(C(=O)OC(C)(C)C)cc3)c2cn1. The minimum Gasteiger partial charge on any atom is -0.456 e. The van der Waals surface area contributed by atoms with E-state index in [1.807, 2.05) is 64.1 Å². The zero-order chi connectivity index (χ0) is 21.7. The van der Waals surface area contributed by atoms with Crippen LogP contribution in [-0.2, 0) is 4.74 Å². The molecule has 0 saturated carbocycles. The van der Waals surface area contributed by atoms with Crippen molar-refractivity contribution in [2.45, 2.75) is 33.3 Å². The molecule has 0 aliphatic heterocycles. The summed E-state index contributed by atoms with van der Waals surface area (Å²) in [4.78, 5) is 28.2. The Kier molecular flexibility index (Phi) is 6.20. The van der Waals surface area contributed by atoms with Gasteiger partial charge in [0.25, 0.3) is 0 Å². The largest absolute Gasteiger partial charge is 0.456 e. The monoisotopic (exact) mass is 406 g/mol. The predicted molar refractivity (Wildman–Crippen MR) is 119 cm³/mol. The number of nitrogens with zero attached hydrogens (tertiary/aromatic N) is 1. The van der Waals surface area contributed by atoms with E-state index in [0.29, 0.717) is 17.9 Å². The van der Waals surface area contributed by atoms with Crippen molar-refractivity contribution in [1.29, 1.82) is 0 Å². The lowest BCUT2D eigenvalue weighted by Gasteiger charge is -2.19. The van der Waals surface area contributed by atoms with E-state index >= 15 is 0 Å². The van der Waals surface area contributed by atoms with Gasteiger partial charge in [-0.05, 0) is 69.5 Å². The molecule has 1 heterocycles. The number of benzene rings is 2. The number of carbonyl (C=O) groups excluding carboxylic acids is 2. The number of nitrogens with one attached hydrogen (secondary N) is 3. The summed E-state index contributed by atoms with van der Waals surface area (Å²) in [5.74, 6) is 0.128. The lowest BCUT2D eigenvalue weighted by molar-refractivity contribution is 0.00695. The number of fused-ring (bicyclic) bond motifs is 1. The Morgan fingerprint density at radius 2 is 1.80 bits per heavy atom. The van der Waals surface area contributed by atoms with Crippen molar-refractivity contribution in [2.75, 3.05) is 17.2 Å². The first-order valence-electron chi connectivity index (χ1n) is 9.79. The fourth-order valence-corrected chi connectivity index (χ4v) is 2.85. The first-order valence-corrected chi connectivity index (χ1v) is 9.79. The zero-order valence-corrected chi connectivity index (χ0v) is 17.6. The van der Waals surface area contributed by atoms with Crippen molar-refractivity contribution in [2.24, 2.45) is 0 Å². The van der Waals surface area contributed by atoms with Gasteiger partial charge in [-0.3, -0.25) is 5.32 Å². The smallest absolute Gasteiger partial charge is 0.338 e. The van der Waals surface area contributed by atoms with E-state index in [9.17, 15) is 9.59 Å². The second-order valence-corrected chi connectivity index (χ2v) is 7.78. The van der Waals surface area contributed by atoms with Gasteiger partial charge in [-0.15, -0.1) is 0 Å². The van der Waals surface area contributed by atoms with Gasteiger partial charge < -0.3 is 15.4 Å². The van der Waals surface area contributed by atoms with Crippen LogP contribution < -0.4 is 16.0 Å². The highest BCUT2D eigenvalue weighted by Crippen LogP contribution is 2.27. The first kappa shape index (κ1) is 21.1. The summed E-state index contributed by atoms with van der Waals surface area (Å²) in [6.07, 6.45) is 1.72. The quantitative estimate of drug-likeness (QED) is 0.514. The van der Waals surface area contributed by atoms with E-state index in [-0.39, 0.29) is 12.0 Å². The Morgan fingerprint density at radius 1 is 1.07 bits per heavy atom. The molecule has 0 fully saturated rings. The molecule has 7 heteroatoms. The number of carbonyl (C=O) groups is 2. The molecule has 2 amide bonds. The molecule has 7 nitrogen and oxygen atoms in total. The third-order valence-corrected chi connectivity index (χ3v) is 4.14.